The van der Waals surface area contributed by atoms with Crippen LogP contribution in [0, 0.1) is 11.8 Å². The van der Waals surface area contributed by atoms with Crippen molar-refractivity contribution in [1.82, 2.24) is 10.2 Å². The molecule has 0 unspecified atom stereocenters. The van der Waals surface area contributed by atoms with E-state index in [9.17, 15) is 14.7 Å². The first-order chi connectivity index (χ1) is 9.56. The second-order valence-electron chi connectivity index (χ2n) is 4.88. The van der Waals surface area contributed by atoms with E-state index in [1.54, 1.807) is 24.1 Å². The van der Waals surface area contributed by atoms with Crippen molar-refractivity contribution >= 4 is 27.7 Å². The van der Waals surface area contributed by atoms with Crippen molar-refractivity contribution < 1.29 is 14.7 Å². The van der Waals surface area contributed by atoms with Crippen LogP contribution in [0.25, 0.3) is 0 Å². The Bertz CT molecular complexity index is 504. The van der Waals surface area contributed by atoms with E-state index in [0.717, 1.165) is 4.47 Å². The zero-order chi connectivity index (χ0) is 14.7. The molecule has 20 heavy (non-hydrogen) atoms. The summed E-state index contributed by atoms with van der Waals surface area (Å²) < 4.78 is 0.909. The Labute approximate surface area is 126 Å². The number of hydrogen-bond donors (Lipinski definition) is 2. The number of benzene rings is 1. The Kier molecular flexibility index (Phi) is 4.77. The van der Waals surface area contributed by atoms with Crippen molar-refractivity contribution in [3.05, 3.63) is 34.3 Å². The highest BCUT2D eigenvalue weighted by Gasteiger charge is 2.38. The smallest absolute Gasteiger partial charge is 0.253 e. The molecule has 1 aliphatic heterocycles. The largest absolute Gasteiger partial charge is 0.396 e. The first kappa shape index (κ1) is 15.0. The Balaban J connectivity index is 2.12. The Morgan fingerprint density at radius 1 is 1.35 bits per heavy atom. The number of rotatable bonds is 3. The first-order valence-electron chi connectivity index (χ1n) is 6.44. The number of nitrogens with zero attached hydrogens (tertiary/aromatic N) is 1. The molecule has 1 fully saturated rings. The van der Waals surface area contributed by atoms with Crippen molar-refractivity contribution in [2.75, 3.05) is 26.7 Å². The average molecular weight is 341 g/mol. The molecule has 0 aromatic heterocycles. The zero-order valence-electron chi connectivity index (χ0n) is 11.2. The van der Waals surface area contributed by atoms with Gasteiger partial charge in [0.05, 0.1) is 5.92 Å². The predicted molar refractivity (Wildman–Crippen MR) is 78.2 cm³/mol. The van der Waals surface area contributed by atoms with E-state index in [-0.39, 0.29) is 30.3 Å². The fourth-order valence-corrected chi connectivity index (χ4v) is 2.74. The molecule has 6 heteroatoms. The monoisotopic (exact) mass is 340 g/mol. The maximum absolute atomic E-state index is 12.4. The number of hydrogen-bond acceptors (Lipinski definition) is 3. The molecule has 1 aliphatic rings. The van der Waals surface area contributed by atoms with Crippen LogP contribution in [-0.2, 0) is 4.79 Å². The third-order valence-electron chi connectivity index (χ3n) is 3.64. The minimum absolute atomic E-state index is 0.0950. The molecular formula is C14H17BrN2O3. The number of nitrogens with one attached hydrogen (secondary N) is 1. The predicted octanol–water partition coefficient (Wildman–Crippen LogP) is 0.876. The lowest BCUT2D eigenvalue weighted by atomic mass is 9.96. The van der Waals surface area contributed by atoms with Crippen LogP contribution in [0.4, 0.5) is 0 Å². The van der Waals surface area contributed by atoms with Crippen LogP contribution in [0.1, 0.15) is 10.4 Å². The van der Waals surface area contributed by atoms with Gasteiger partial charge >= 0.3 is 0 Å². The normalized spacial score (nSPS) is 21.9. The number of likely N-dealkylation sites (tertiary alicyclic amines) is 1. The number of aliphatic hydroxyl groups excluding tert-OH is 1. The summed E-state index contributed by atoms with van der Waals surface area (Å²) >= 11 is 3.33. The van der Waals surface area contributed by atoms with E-state index < -0.39 is 0 Å². The summed E-state index contributed by atoms with van der Waals surface area (Å²) in [5.41, 5.74) is 0.586. The average Bonchev–Trinajstić information content (AvgIpc) is 2.90. The third kappa shape index (κ3) is 3.02. The number of aliphatic hydroxyl groups is 1. The first-order valence-corrected chi connectivity index (χ1v) is 7.23. The van der Waals surface area contributed by atoms with Crippen molar-refractivity contribution in [1.29, 1.82) is 0 Å². The summed E-state index contributed by atoms with van der Waals surface area (Å²) in [6.07, 6.45) is 0. The van der Waals surface area contributed by atoms with E-state index in [1.165, 1.54) is 0 Å². The molecule has 0 radical (unpaired) electrons. The fraction of sp³-hybridized carbons (Fsp3) is 0.429. The van der Waals surface area contributed by atoms with Crippen molar-refractivity contribution in [3.8, 4) is 0 Å². The van der Waals surface area contributed by atoms with Crippen LogP contribution in [0.5, 0.6) is 0 Å². The molecular weight excluding hydrogens is 324 g/mol. The number of halogens is 1. The van der Waals surface area contributed by atoms with Crippen LogP contribution < -0.4 is 5.32 Å². The Morgan fingerprint density at radius 2 is 2.00 bits per heavy atom. The van der Waals surface area contributed by atoms with E-state index >= 15 is 0 Å². The minimum atomic E-state index is -0.343. The molecule has 1 aromatic rings. The van der Waals surface area contributed by atoms with E-state index in [2.05, 4.69) is 21.2 Å². The molecule has 0 aliphatic carbocycles. The van der Waals surface area contributed by atoms with Gasteiger partial charge in [-0.3, -0.25) is 9.59 Å². The van der Waals surface area contributed by atoms with Gasteiger partial charge in [-0.2, -0.15) is 0 Å². The van der Waals surface area contributed by atoms with Crippen LogP contribution in [0.3, 0.4) is 0 Å². The van der Waals surface area contributed by atoms with E-state index in [1.807, 2.05) is 12.1 Å². The minimum Gasteiger partial charge on any atom is -0.396 e. The molecule has 1 saturated heterocycles. The molecule has 2 atom stereocenters. The Hall–Kier alpha value is -1.40. The molecule has 108 valence electrons. The molecule has 1 aromatic carbocycles. The lowest BCUT2D eigenvalue weighted by Crippen LogP contribution is -2.34. The van der Waals surface area contributed by atoms with E-state index in [0.29, 0.717) is 18.7 Å². The second kappa shape index (κ2) is 6.37. The van der Waals surface area contributed by atoms with Crippen molar-refractivity contribution in [2.45, 2.75) is 0 Å². The molecule has 0 spiro atoms. The van der Waals surface area contributed by atoms with Gasteiger partial charge in [-0.25, -0.2) is 0 Å². The van der Waals surface area contributed by atoms with Gasteiger partial charge in [0.15, 0.2) is 0 Å². The highest BCUT2D eigenvalue weighted by molar-refractivity contribution is 9.10. The van der Waals surface area contributed by atoms with Gasteiger partial charge < -0.3 is 15.3 Å². The van der Waals surface area contributed by atoms with Gasteiger partial charge in [0.2, 0.25) is 5.91 Å². The molecule has 0 saturated carbocycles. The maximum Gasteiger partial charge on any atom is 0.253 e. The molecule has 2 N–H and O–H groups in total. The number of carbonyl (C=O) groups is 2. The van der Waals surface area contributed by atoms with Crippen molar-refractivity contribution in [3.63, 3.8) is 0 Å². The second-order valence-corrected chi connectivity index (χ2v) is 5.80. The van der Waals surface area contributed by atoms with Gasteiger partial charge in [-0.05, 0) is 24.3 Å². The van der Waals surface area contributed by atoms with Gasteiger partial charge in [0.1, 0.15) is 0 Å². The third-order valence-corrected chi connectivity index (χ3v) is 4.17. The standard InChI is InChI=1S/C14H17BrN2O3/c1-16-13(19)12-7-17(6-10(12)8-18)14(20)9-2-4-11(15)5-3-9/h2-5,10,12,18H,6-8H2,1H3,(H,16,19)/t10-,12+/m0/s1. The number of amides is 2. The van der Waals surface area contributed by atoms with Crippen LogP contribution in [0.15, 0.2) is 28.7 Å². The van der Waals surface area contributed by atoms with Crippen molar-refractivity contribution in [2.24, 2.45) is 11.8 Å². The SMILES string of the molecule is CNC(=O)[C@@H]1CN(C(=O)c2ccc(Br)cc2)C[C@H]1CO. The van der Waals surface area contributed by atoms with Gasteiger partial charge in [0, 0.05) is 42.7 Å². The molecule has 0 bridgehead atoms. The highest BCUT2D eigenvalue weighted by atomic mass is 79.9. The summed E-state index contributed by atoms with van der Waals surface area (Å²) in [6.45, 7) is 0.658. The summed E-state index contributed by atoms with van der Waals surface area (Å²) in [6, 6.07) is 7.10. The molecule has 1 heterocycles. The van der Waals surface area contributed by atoms with Gasteiger partial charge in [-0.1, -0.05) is 15.9 Å². The quantitative estimate of drug-likeness (QED) is 0.857. The topological polar surface area (TPSA) is 69.6 Å². The molecule has 2 amide bonds. The van der Waals surface area contributed by atoms with Crippen LogP contribution in [-0.4, -0.2) is 48.6 Å². The number of carbonyl (C=O) groups excluding carboxylic acids is 2. The summed E-state index contributed by atoms with van der Waals surface area (Å²) in [5.74, 6) is -0.781. The Morgan fingerprint density at radius 3 is 2.55 bits per heavy atom. The van der Waals surface area contributed by atoms with E-state index in [4.69, 9.17) is 0 Å². The lowest BCUT2D eigenvalue weighted by Gasteiger charge is -2.16. The zero-order valence-corrected chi connectivity index (χ0v) is 12.8. The summed E-state index contributed by atoms with van der Waals surface area (Å²) in [7, 11) is 1.57. The lowest BCUT2D eigenvalue weighted by molar-refractivity contribution is -0.125. The fourth-order valence-electron chi connectivity index (χ4n) is 2.48. The van der Waals surface area contributed by atoms with Gasteiger partial charge in [-0.15, -0.1) is 0 Å². The highest BCUT2D eigenvalue weighted by Crippen LogP contribution is 2.25. The summed E-state index contributed by atoms with van der Waals surface area (Å²) in [4.78, 5) is 25.8. The molecule has 2 rings (SSSR count). The van der Waals surface area contributed by atoms with Crippen LogP contribution >= 0.6 is 15.9 Å². The molecule has 5 nitrogen and oxygen atoms in total. The van der Waals surface area contributed by atoms with Crippen LogP contribution in [0.2, 0.25) is 0 Å². The maximum atomic E-state index is 12.4. The van der Waals surface area contributed by atoms with Gasteiger partial charge in [0.25, 0.3) is 5.91 Å². The summed E-state index contributed by atoms with van der Waals surface area (Å²) in [5, 5.41) is 11.9.